The van der Waals surface area contributed by atoms with Crippen molar-refractivity contribution in [1.82, 2.24) is 5.32 Å². The molecule has 1 unspecified atom stereocenters. The van der Waals surface area contributed by atoms with Crippen molar-refractivity contribution >= 4 is 109 Å². The lowest BCUT2D eigenvalue weighted by Gasteiger charge is -2.25. The van der Waals surface area contributed by atoms with Gasteiger partial charge in [-0.3, -0.25) is 9.79 Å². The van der Waals surface area contributed by atoms with Crippen LogP contribution in [0.15, 0.2) is 53.5 Å². The fraction of sp³-hybridized carbons (Fsp3) is 0.158. The van der Waals surface area contributed by atoms with Crippen LogP contribution in [0.4, 0.5) is 0 Å². The van der Waals surface area contributed by atoms with Crippen molar-refractivity contribution in [2.45, 2.75) is 31.3 Å². The van der Waals surface area contributed by atoms with E-state index in [1.165, 1.54) is 119 Å². The molecule has 0 aliphatic heterocycles. The number of nitrogens with zero attached hydrogens (tertiary/aromatic N) is 1. The highest BCUT2D eigenvalue weighted by atomic mass is 16.4. The highest BCUT2D eigenvalue weighted by Crippen LogP contribution is 2.63. The first-order valence-electron chi connectivity index (χ1n) is 15.5. The van der Waals surface area contributed by atoms with Gasteiger partial charge < -0.3 is 21.9 Å². The zero-order valence-corrected chi connectivity index (χ0v) is 23.6. The Bertz CT molecular complexity index is 2920. The molecule has 6 nitrogen and oxygen atoms in total. The van der Waals surface area contributed by atoms with Crippen LogP contribution in [-0.2, 0) is 11.2 Å². The maximum absolute atomic E-state index is 11.1. The zero-order valence-electron chi connectivity index (χ0n) is 23.6. The Balaban J connectivity index is 1.21. The highest BCUT2D eigenvalue weighted by molar-refractivity contribution is 6.60. The molecule has 12 rings (SSSR count). The number of carboxylic acid groups (broad SMARTS) is 1. The van der Waals surface area contributed by atoms with E-state index in [9.17, 15) is 4.79 Å². The van der Waals surface area contributed by atoms with E-state index >= 15 is 0 Å². The normalized spacial score (nSPS) is 17.5. The second-order valence-corrected chi connectivity index (χ2v) is 13.4. The number of benzene rings is 7. The summed E-state index contributed by atoms with van der Waals surface area (Å²) in [5.74, 6) is -0.619. The predicted octanol–water partition coefficient (Wildman–Crippen LogP) is 7.10. The van der Waals surface area contributed by atoms with E-state index in [1.807, 2.05) is 0 Å². The van der Waals surface area contributed by atoms with Gasteiger partial charge in [0.05, 0.1) is 6.04 Å². The maximum Gasteiger partial charge on any atom is 0.320 e. The molecule has 0 saturated carbocycles. The summed E-state index contributed by atoms with van der Waals surface area (Å²) in [4.78, 5) is 15.7. The van der Waals surface area contributed by atoms with Gasteiger partial charge in [-0.05, 0) is 151 Å². The molecule has 0 saturated heterocycles. The molecule has 0 spiro atoms. The van der Waals surface area contributed by atoms with Gasteiger partial charge in [0.1, 0.15) is 6.04 Å². The van der Waals surface area contributed by atoms with Crippen molar-refractivity contribution < 1.29 is 9.90 Å². The molecule has 2 aliphatic rings. The molecule has 0 amide bonds. The van der Waals surface area contributed by atoms with Crippen LogP contribution in [0.25, 0.3) is 97.0 Å². The number of hydrogen-bond acceptors (Lipinski definition) is 3. The Hall–Kier alpha value is -5.20. The van der Waals surface area contributed by atoms with Gasteiger partial charge in [-0.1, -0.05) is 36.4 Å². The summed E-state index contributed by atoms with van der Waals surface area (Å²) in [7, 11) is 0. The number of aliphatic imine (C=N–C) groups is 1. The van der Waals surface area contributed by atoms with Gasteiger partial charge in [0.2, 0.25) is 0 Å². The minimum absolute atomic E-state index is 0.143. The first-order valence-corrected chi connectivity index (χ1v) is 15.5. The van der Waals surface area contributed by atoms with Crippen LogP contribution < -0.4 is 16.8 Å². The zero-order chi connectivity index (χ0) is 28.9. The number of rotatable bonds is 6. The maximum atomic E-state index is 11.1. The Kier molecular flexibility index (Phi) is 3.45. The topological polar surface area (TPSA) is 114 Å². The molecule has 2 aliphatic carbocycles. The van der Waals surface area contributed by atoms with E-state index in [-0.39, 0.29) is 6.04 Å². The average molecular weight is 569 g/mol. The number of carboxylic acids is 1. The fourth-order valence-corrected chi connectivity index (χ4v) is 9.89. The van der Waals surface area contributed by atoms with Crippen molar-refractivity contribution in [2.75, 3.05) is 6.54 Å². The summed E-state index contributed by atoms with van der Waals surface area (Å²) in [5.41, 5.74) is 17.7. The third-order valence-electron chi connectivity index (χ3n) is 11.4. The number of hydrogen-bond donors (Lipinski definition) is 4. The minimum Gasteiger partial charge on any atom is -0.480 e. The van der Waals surface area contributed by atoms with Crippen LogP contribution in [-0.4, -0.2) is 29.6 Å². The third-order valence-corrected chi connectivity index (χ3v) is 11.4. The number of aliphatic carboxylic acids is 1. The second kappa shape index (κ2) is 6.79. The van der Waals surface area contributed by atoms with Crippen LogP contribution in [0.5, 0.6) is 0 Å². The summed E-state index contributed by atoms with van der Waals surface area (Å²) in [6, 6.07) is 17.9. The second-order valence-electron chi connectivity index (χ2n) is 13.4. The lowest BCUT2D eigenvalue weighted by atomic mass is 9.85. The van der Waals surface area contributed by atoms with E-state index in [0.29, 0.717) is 25.3 Å². The van der Waals surface area contributed by atoms with Crippen LogP contribution >= 0.6 is 0 Å². The largest absolute Gasteiger partial charge is 0.480 e. The third kappa shape index (κ3) is 2.16. The van der Waals surface area contributed by atoms with E-state index in [1.54, 1.807) is 0 Å². The number of carbonyl (C=O) groups is 1. The molecule has 0 radical (unpaired) electrons. The van der Waals surface area contributed by atoms with Crippen LogP contribution in [0.3, 0.4) is 0 Å². The molecule has 0 fully saturated rings. The van der Waals surface area contributed by atoms with Gasteiger partial charge in [0.25, 0.3) is 0 Å². The summed E-state index contributed by atoms with van der Waals surface area (Å²) < 4.78 is 0. The molecule has 0 bridgehead atoms. The quantitative estimate of drug-likeness (QED) is 0.0740. The Morgan fingerprint density at radius 1 is 0.727 bits per heavy atom. The first kappa shape index (κ1) is 22.4. The Labute approximate surface area is 248 Å². The van der Waals surface area contributed by atoms with E-state index in [0.717, 1.165) is 6.42 Å². The molecule has 2 atom stereocenters. The van der Waals surface area contributed by atoms with Crippen molar-refractivity contribution in [3.05, 3.63) is 70.8 Å². The summed E-state index contributed by atoms with van der Waals surface area (Å²) in [6.07, 6.45) is 1.91. The van der Waals surface area contributed by atoms with Crippen LogP contribution in [0.1, 0.15) is 41.1 Å². The van der Waals surface area contributed by atoms with Crippen molar-refractivity contribution in [3.8, 4) is 0 Å². The van der Waals surface area contributed by atoms with Crippen molar-refractivity contribution in [2.24, 2.45) is 16.5 Å². The summed E-state index contributed by atoms with van der Waals surface area (Å²) in [5, 5.41) is 38.1. The first-order chi connectivity index (χ1) is 21.5. The van der Waals surface area contributed by atoms with Gasteiger partial charge >= 0.3 is 5.97 Å². The van der Waals surface area contributed by atoms with Gasteiger partial charge in [0, 0.05) is 6.54 Å². The summed E-state index contributed by atoms with van der Waals surface area (Å²) >= 11 is 0. The monoisotopic (exact) mass is 568 g/mol. The van der Waals surface area contributed by atoms with E-state index in [2.05, 4.69) is 58.8 Å². The van der Waals surface area contributed by atoms with Gasteiger partial charge in [-0.15, -0.1) is 0 Å². The Morgan fingerprint density at radius 2 is 1.27 bits per heavy atom. The Morgan fingerprint density at radius 3 is 1.98 bits per heavy atom. The SMILES string of the molecule is NC(=NCCC[C@H](N)C(=O)O)NC1c2ccc3cc4c5c6c(cc7ccc8cc9cc1c1c9c9c8c7c6c9c6c1c2c3c56)C4. The van der Waals surface area contributed by atoms with Crippen molar-refractivity contribution in [3.63, 3.8) is 0 Å². The number of nitrogens with two attached hydrogens (primary N) is 2. The molecule has 0 aromatic heterocycles. The van der Waals surface area contributed by atoms with Crippen molar-refractivity contribution in [1.29, 1.82) is 0 Å². The molecule has 208 valence electrons. The molecule has 6 N–H and O–H groups in total. The lowest BCUT2D eigenvalue weighted by molar-refractivity contribution is -0.138. The van der Waals surface area contributed by atoms with Gasteiger partial charge in [0.15, 0.2) is 5.96 Å². The molecular weight excluding hydrogens is 544 g/mol. The smallest absolute Gasteiger partial charge is 0.320 e. The fourth-order valence-electron chi connectivity index (χ4n) is 9.89. The molecule has 10 aromatic rings. The lowest BCUT2D eigenvalue weighted by Crippen LogP contribution is -2.36. The van der Waals surface area contributed by atoms with Gasteiger partial charge in [-0.25, -0.2) is 0 Å². The average Bonchev–Trinajstić information content (AvgIpc) is 3.76. The molecular formula is C38H24N4O2. The van der Waals surface area contributed by atoms with E-state index in [4.69, 9.17) is 16.6 Å². The highest BCUT2D eigenvalue weighted by Gasteiger charge is 2.38. The van der Waals surface area contributed by atoms with Crippen LogP contribution in [0, 0.1) is 0 Å². The van der Waals surface area contributed by atoms with Gasteiger partial charge in [-0.2, -0.15) is 0 Å². The van der Waals surface area contributed by atoms with E-state index < -0.39 is 12.0 Å². The molecule has 0 heterocycles. The number of nitrogens with one attached hydrogen (secondary N) is 1. The molecule has 44 heavy (non-hydrogen) atoms. The molecule has 6 heteroatoms. The van der Waals surface area contributed by atoms with Crippen LogP contribution in [0.2, 0.25) is 0 Å². The predicted molar refractivity (Wildman–Crippen MR) is 180 cm³/mol. The minimum atomic E-state index is -0.988. The number of guanidine groups is 1. The summed E-state index contributed by atoms with van der Waals surface area (Å²) in [6.45, 7) is 0.421. The standard InChI is InChI=1S/C38H24N4O2/c39-21(37(43)44)2-1-7-41-38(40)42-36-19-6-5-15-9-17-11-16-8-13-3-4-14-10-18-12-20(36)29-27(18)31-23(14)22(13)30-25(16)26(17)32-24(15)28(19)33(29)35(32)34(30)31/h3-6,8-10,12,21,36H,1-2,7,11,39H2,(H,43,44)(H3,40,41,42)/t21-,36?/m0/s1. The molecule has 10 aromatic carbocycles.